The van der Waals surface area contributed by atoms with E-state index in [-0.39, 0.29) is 6.10 Å². The average Bonchev–Trinajstić information content (AvgIpc) is 3.51. The van der Waals surface area contributed by atoms with Gasteiger partial charge >= 0.3 is 0 Å². The third kappa shape index (κ3) is 5.10. The van der Waals surface area contributed by atoms with Crippen LogP contribution in [-0.2, 0) is 23.6 Å². The summed E-state index contributed by atoms with van der Waals surface area (Å²) in [6.07, 6.45) is 9.20. The van der Waals surface area contributed by atoms with Crippen molar-refractivity contribution in [1.82, 2.24) is 39.6 Å². The summed E-state index contributed by atoms with van der Waals surface area (Å²) in [5, 5.41) is 8.12. The molecule has 0 radical (unpaired) electrons. The molecule has 1 aliphatic carbocycles. The summed E-state index contributed by atoms with van der Waals surface area (Å²) in [4.78, 5) is 21.6. The van der Waals surface area contributed by atoms with Crippen LogP contribution < -0.4 is 9.47 Å². The van der Waals surface area contributed by atoms with Crippen molar-refractivity contribution in [2.45, 2.75) is 75.8 Å². The van der Waals surface area contributed by atoms with Crippen molar-refractivity contribution in [2.75, 3.05) is 19.7 Å². The smallest absolute Gasteiger partial charge is 0.292 e. The van der Waals surface area contributed by atoms with Gasteiger partial charge in [-0.3, -0.25) is 20.0 Å². The number of hydrogen-bond acceptors (Lipinski definition) is 9. The minimum absolute atomic E-state index is 0.215. The van der Waals surface area contributed by atoms with Gasteiger partial charge in [-0.05, 0) is 75.4 Å². The first-order valence-corrected chi connectivity index (χ1v) is 16.6. The summed E-state index contributed by atoms with van der Waals surface area (Å²) in [6.45, 7) is 6.20. The maximum absolute atomic E-state index is 6.50. The van der Waals surface area contributed by atoms with Crippen LogP contribution in [0.1, 0.15) is 73.8 Å². The molecule has 7 heterocycles. The molecule has 46 heavy (non-hydrogen) atoms. The van der Waals surface area contributed by atoms with E-state index in [4.69, 9.17) is 40.8 Å². The van der Waals surface area contributed by atoms with Gasteiger partial charge in [0.1, 0.15) is 23.0 Å². The Kier molecular flexibility index (Phi) is 6.76. The van der Waals surface area contributed by atoms with Crippen LogP contribution in [0.25, 0.3) is 22.6 Å². The molecule has 5 aromatic rings. The van der Waals surface area contributed by atoms with Gasteiger partial charge in [0.25, 0.3) is 5.79 Å². The fourth-order valence-corrected chi connectivity index (χ4v) is 7.01. The molecular weight excluding hydrogens is 604 g/mol. The molecule has 9 rings (SSSR count). The van der Waals surface area contributed by atoms with E-state index >= 15 is 0 Å². The van der Waals surface area contributed by atoms with E-state index in [1.54, 1.807) is 6.20 Å². The number of piperidine rings is 1. The van der Waals surface area contributed by atoms with E-state index in [9.17, 15) is 0 Å². The SMILES string of the molecule is CC1(c2ccc(Cl)cn2)Oc2cccc(C3CCN(Cc4nc5cc(-c6n[nH]c(C7CC7)n6)ncc5n4C[C@@H]4CCO4)CC3)c2O1. The van der Waals surface area contributed by atoms with Crippen LogP contribution in [0.15, 0.2) is 48.8 Å². The number of ether oxygens (including phenoxy) is 3. The molecule has 3 fully saturated rings. The summed E-state index contributed by atoms with van der Waals surface area (Å²) >= 11 is 6.08. The number of hydrogen-bond donors (Lipinski definition) is 1. The van der Waals surface area contributed by atoms with Crippen LogP contribution in [0.4, 0.5) is 0 Å². The third-order valence-electron chi connectivity index (χ3n) is 9.79. The highest BCUT2D eigenvalue weighted by Crippen LogP contribution is 2.49. The zero-order valence-electron chi connectivity index (χ0n) is 25.7. The van der Waals surface area contributed by atoms with Crippen LogP contribution in [0.2, 0.25) is 5.02 Å². The van der Waals surface area contributed by atoms with E-state index in [0.717, 1.165) is 91.9 Å². The lowest BCUT2D eigenvalue weighted by Crippen LogP contribution is -2.35. The van der Waals surface area contributed by atoms with Crippen molar-refractivity contribution in [3.63, 3.8) is 0 Å². The van der Waals surface area contributed by atoms with Gasteiger partial charge in [-0.15, -0.1) is 0 Å². The number of aromatic nitrogens is 7. The molecule has 236 valence electrons. The number of pyridine rings is 2. The molecule has 4 aliphatic rings. The Hall–Kier alpha value is -4.06. The molecule has 1 saturated carbocycles. The first kappa shape index (κ1) is 28.2. The van der Waals surface area contributed by atoms with Gasteiger partial charge in [-0.2, -0.15) is 5.10 Å². The number of rotatable bonds is 8. The van der Waals surface area contributed by atoms with E-state index < -0.39 is 5.79 Å². The maximum atomic E-state index is 6.50. The Morgan fingerprint density at radius 2 is 1.85 bits per heavy atom. The second-order valence-electron chi connectivity index (χ2n) is 13.0. The summed E-state index contributed by atoms with van der Waals surface area (Å²) in [6, 6.07) is 11.9. The lowest BCUT2D eigenvalue weighted by molar-refractivity contribution is -0.0722. The maximum Gasteiger partial charge on any atom is 0.292 e. The first-order chi connectivity index (χ1) is 22.5. The highest BCUT2D eigenvalue weighted by atomic mass is 35.5. The Bertz CT molecular complexity index is 1910. The average molecular weight is 639 g/mol. The Morgan fingerprint density at radius 1 is 0.978 bits per heavy atom. The molecule has 0 spiro atoms. The molecule has 1 aromatic carbocycles. The first-order valence-electron chi connectivity index (χ1n) is 16.2. The monoisotopic (exact) mass is 638 g/mol. The molecule has 0 bridgehead atoms. The molecule has 1 unspecified atom stereocenters. The molecule has 0 amide bonds. The molecule has 4 aromatic heterocycles. The van der Waals surface area contributed by atoms with Gasteiger partial charge in [0.2, 0.25) is 0 Å². The van der Waals surface area contributed by atoms with Crippen molar-refractivity contribution >= 4 is 22.6 Å². The van der Waals surface area contributed by atoms with Gasteiger partial charge < -0.3 is 18.8 Å². The van der Waals surface area contributed by atoms with Crippen molar-refractivity contribution in [1.29, 1.82) is 0 Å². The molecule has 3 aliphatic heterocycles. The third-order valence-corrected chi connectivity index (χ3v) is 10.0. The minimum atomic E-state index is -0.992. The molecule has 2 atom stereocenters. The number of fused-ring (bicyclic) bond motifs is 2. The standard InChI is InChI=1S/C34H35ClN8O3/c1-34(29-8-7-22(35)16-37-29)45-28-4-2-3-24(31(28)46-34)20-9-12-42(13-10-20)19-30-38-25-15-26(33-39-32(40-41-33)21-5-6-21)36-17-27(25)43(30)18-23-11-14-44-23/h2-4,7-8,15-17,20-21,23H,5-6,9-14,18-19H2,1H3,(H,39,40,41)/t23-,34?/m0/s1. The number of nitrogens with one attached hydrogen (secondary N) is 1. The number of benzene rings is 1. The van der Waals surface area contributed by atoms with Gasteiger partial charge in [0.05, 0.1) is 41.4 Å². The van der Waals surface area contributed by atoms with Gasteiger partial charge in [0.15, 0.2) is 17.3 Å². The number of H-pyrrole nitrogens is 1. The van der Waals surface area contributed by atoms with Crippen molar-refractivity contribution in [3.8, 4) is 23.0 Å². The van der Waals surface area contributed by atoms with Crippen LogP contribution in [0, 0.1) is 0 Å². The summed E-state index contributed by atoms with van der Waals surface area (Å²) in [7, 11) is 0. The van der Waals surface area contributed by atoms with Crippen molar-refractivity contribution < 1.29 is 14.2 Å². The van der Waals surface area contributed by atoms with Crippen LogP contribution in [-0.4, -0.2) is 65.4 Å². The fraction of sp³-hybridized carbons (Fsp3) is 0.441. The Labute approximate surface area is 271 Å². The normalized spacial score (nSPS) is 23.2. The second kappa shape index (κ2) is 11.0. The van der Waals surface area contributed by atoms with Gasteiger partial charge in [-0.1, -0.05) is 23.7 Å². The second-order valence-corrected chi connectivity index (χ2v) is 13.5. The van der Waals surface area contributed by atoms with E-state index in [1.165, 1.54) is 18.4 Å². The Balaban J connectivity index is 0.924. The molecule has 2 saturated heterocycles. The van der Waals surface area contributed by atoms with Gasteiger partial charge in [-0.25, -0.2) is 9.97 Å². The number of likely N-dealkylation sites (tertiary alicyclic amines) is 1. The number of para-hydroxylation sites is 1. The van der Waals surface area contributed by atoms with Crippen LogP contribution >= 0.6 is 11.6 Å². The number of aromatic amines is 1. The Morgan fingerprint density at radius 3 is 2.61 bits per heavy atom. The van der Waals surface area contributed by atoms with Crippen LogP contribution in [0.5, 0.6) is 11.5 Å². The zero-order chi connectivity index (χ0) is 30.8. The summed E-state index contributed by atoms with van der Waals surface area (Å²) < 4.78 is 21.0. The van der Waals surface area contributed by atoms with Crippen molar-refractivity contribution in [3.05, 3.63) is 76.7 Å². The predicted molar refractivity (Wildman–Crippen MR) is 171 cm³/mol. The highest BCUT2D eigenvalue weighted by Gasteiger charge is 2.42. The molecule has 12 heteroatoms. The lowest BCUT2D eigenvalue weighted by Gasteiger charge is -2.33. The number of halogens is 1. The van der Waals surface area contributed by atoms with E-state index in [1.807, 2.05) is 37.4 Å². The number of imidazole rings is 1. The topological polar surface area (TPSA) is 116 Å². The van der Waals surface area contributed by atoms with E-state index in [2.05, 4.69) is 36.8 Å². The molecule has 11 nitrogen and oxygen atoms in total. The minimum Gasteiger partial charge on any atom is -0.443 e. The van der Waals surface area contributed by atoms with Crippen LogP contribution in [0.3, 0.4) is 0 Å². The van der Waals surface area contributed by atoms with Crippen molar-refractivity contribution in [2.24, 2.45) is 0 Å². The zero-order valence-corrected chi connectivity index (χ0v) is 26.4. The highest BCUT2D eigenvalue weighted by molar-refractivity contribution is 6.30. The lowest BCUT2D eigenvalue weighted by atomic mass is 9.88. The predicted octanol–water partition coefficient (Wildman–Crippen LogP) is 5.95. The van der Waals surface area contributed by atoms with Gasteiger partial charge in [0, 0.05) is 31.2 Å². The van der Waals surface area contributed by atoms with E-state index in [0.29, 0.717) is 28.4 Å². The molecule has 1 N–H and O–H groups in total. The summed E-state index contributed by atoms with van der Waals surface area (Å²) in [5.74, 6) is 4.10. The number of nitrogens with zero attached hydrogens (tertiary/aromatic N) is 7. The fourth-order valence-electron chi connectivity index (χ4n) is 6.90. The summed E-state index contributed by atoms with van der Waals surface area (Å²) in [5.41, 5.74) is 4.58. The molecular formula is C34H35ClN8O3. The quantitative estimate of drug-likeness (QED) is 0.220. The largest absolute Gasteiger partial charge is 0.443 e.